The normalized spacial score (nSPS) is 11.3. The maximum absolute atomic E-state index is 13.3. The zero-order chi connectivity index (χ0) is 20.5. The molecule has 0 aliphatic carbocycles. The van der Waals surface area contributed by atoms with Gasteiger partial charge in [-0.2, -0.15) is 0 Å². The Hall–Kier alpha value is -3.07. The molecule has 0 N–H and O–H groups in total. The number of hydrogen-bond acceptors (Lipinski definition) is 8. The number of aryl methyl sites for hydroxylation is 3. The van der Waals surface area contributed by atoms with Gasteiger partial charge in [-0.25, -0.2) is 9.97 Å². The molecule has 9 heteroatoms. The summed E-state index contributed by atoms with van der Waals surface area (Å²) >= 11 is 1.40. The van der Waals surface area contributed by atoms with Gasteiger partial charge in [0, 0.05) is 17.6 Å². The number of aromatic nitrogens is 4. The molecule has 0 fully saturated rings. The Labute approximate surface area is 171 Å². The van der Waals surface area contributed by atoms with Crippen LogP contribution in [0.25, 0.3) is 21.9 Å². The Morgan fingerprint density at radius 2 is 2.03 bits per heavy atom. The molecule has 0 radical (unpaired) electrons. The fourth-order valence-corrected chi connectivity index (χ4v) is 4.57. The quantitative estimate of drug-likeness (QED) is 0.466. The number of carbonyl (C=O) groups excluding carboxylic acids is 1. The fourth-order valence-electron chi connectivity index (χ4n) is 3.32. The summed E-state index contributed by atoms with van der Waals surface area (Å²) in [7, 11) is 0. The largest absolute Gasteiger partial charge is 0.459 e. The van der Waals surface area contributed by atoms with Gasteiger partial charge in [0.25, 0.3) is 11.8 Å². The summed E-state index contributed by atoms with van der Waals surface area (Å²) in [5.74, 6) is 1.80. The van der Waals surface area contributed by atoms with Crippen molar-refractivity contribution >= 4 is 27.5 Å². The molecule has 4 aromatic rings. The summed E-state index contributed by atoms with van der Waals surface area (Å²) in [5.41, 5.74) is 1.80. The minimum absolute atomic E-state index is 0.0675. The second kappa shape index (κ2) is 7.75. The third-order valence-corrected chi connectivity index (χ3v) is 5.76. The van der Waals surface area contributed by atoms with E-state index in [0.717, 1.165) is 27.9 Å². The average Bonchev–Trinajstić information content (AvgIpc) is 3.40. The smallest absolute Gasteiger partial charge is 0.283 e. The van der Waals surface area contributed by atoms with Gasteiger partial charge < -0.3 is 13.7 Å². The molecule has 0 saturated carbocycles. The number of hydrogen-bond donors (Lipinski definition) is 0. The summed E-state index contributed by atoms with van der Waals surface area (Å²) in [6.07, 6.45) is 2.36. The van der Waals surface area contributed by atoms with Gasteiger partial charge in [-0.05, 0) is 44.9 Å². The van der Waals surface area contributed by atoms with Crippen molar-refractivity contribution in [2.24, 2.45) is 0 Å². The lowest BCUT2D eigenvalue weighted by molar-refractivity contribution is 0.0733. The van der Waals surface area contributed by atoms with Gasteiger partial charge >= 0.3 is 0 Å². The average molecular weight is 411 g/mol. The lowest BCUT2D eigenvalue weighted by atomic mass is 10.1. The highest BCUT2D eigenvalue weighted by molar-refractivity contribution is 7.20. The van der Waals surface area contributed by atoms with Crippen molar-refractivity contribution in [2.45, 2.75) is 40.7 Å². The van der Waals surface area contributed by atoms with Crippen LogP contribution in [0.3, 0.4) is 0 Å². The maximum Gasteiger partial charge on any atom is 0.283 e. The molecule has 0 unspecified atom stereocenters. The molecular weight excluding hydrogens is 390 g/mol. The van der Waals surface area contributed by atoms with Crippen LogP contribution in [-0.4, -0.2) is 37.5 Å². The first-order valence-electron chi connectivity index (χ1n) is 9.37. The Bertz CT molecular complexity index is 1160. The molecule has 0 spiro atoms. The molecule has 4 rings (SSSR count). The van der Waals surface area contributed by atoms with Gasteiger partial charge in [0.05, 0.1) is 17.7 Å². The van der Waals surface area contributed by atoms with Crippen LogP contribution in [0.2, 0.25) is 0 Å². The summed E-state index contributed by atoms with van der Waals surface area (Å²) in [5, 5.41) is 9.04. The highest BCUT2D eigenvalue weighted by atomic mass is 32.1. The molecule has 0 saturated heterocycles. The van der Waals surface area contributed by atoms with Gasteiger partial charge in [-0.15, -0.1) is 21.5 Å². The van der Waals surface area contributed by atoms with Crippen molar-refractivity contribution in [3.63, 3.8) is 0 Å². The van der Waals surface area contributed by atoms with Crippen molar-refractivity contribution in [3.05, 3.63) is 46.2 Å². The maximum atomic E-state index is 13.3. The van der Waals surface area contributed by atoms with E-state index in [1.54, 1.807) is 23.3 Å². The molecule has 4 heterocycles. The van der Waals surface area contributed by atoms with Crippen molar-refractivity contribution in [1.29, 1.82) is 0 Å². The molecule has 0 aliphatic rings. The molecule has 0 bridgehead atoms. The first-order valence-corrected chi connectivity index (χ1v) is 10.2. The fraction of sp³-hybridized carbons (Fsp3) is 0.350. The molecule has 29 heavy (non-hydrogen) atoms. The molecule has 0 atom stereocenters. The third kappa shape index (κ3) is 3.65. The van der Waals surface area contributed by atoms with E-state index in [1.807, 2.05) is 27.7 Å². The highest BCUT2D eigenvalue weighted by Crippen LogP contribution is 2.32. The van der Waals surface area contributed by atoms with Crippen molar-refractivity contribution < 1.29 is 13.6 Å². The van der Waals surface area contributed by atoms with Crippen molar-refractivity contribution in [2.75, 3.05) is 6.54 Å². The molecule has 8 nitrogen and oxygen atoms in total. The topological polar surface area (TPSA) is 98.2 Å². The van der Waals surface area contributed by atoms with Crippen LogP contribution in [0.1, 0.15) is 46.0 Å². The van der Waals surface area contributed by atoms with Crippen LogP contribution >= 0.6 is 11.3 Å². The number of nitrogens with zero attached hydrogens (tertiary/aromatic N) is 5. The monoisotopic (exact) mass is 411 g/mol. The molecule has 1 amide bonds. The van der Waals surface area contributed by atoms with Crippen LogP contribution in [-0.2, 0) is 6.54 Å². The Kier molecular flexibility index (Phi) is 5.14. The van der Waals surface area contributed by atoms with E-state index in [0.29, 0.717) is 34.8 Å². The van der Waals surface area contributed by atoms with Crippen molar-refractivity contribution in [3.8, 4) is 11.7 Å². The molecule has 4 aromatic heterocycles. The third-order valence-electron chi connectivity index (χ3n) is 4.58. The lowest BCUT2D eigenvalue weighted by Crippen LogP contribution is -2.31. The molecule has 0 aromatic carbocycles. The highest BCUT2D eigenvalue weighted by Gasteiger charge is 2.25. The van der Waals surface area contributed by atoms with Gasteiger partial charge in [-0.1, -0.05) is 6.92 Å². The van der Waals surface area contributed by atoms with Crippen LogP contribution in [0.4, 0.5) is 0 Å². The van der Waals surface area contributed by atoms with E-state index in [9.17, 15) is 4.79 Å². The molecular formula is C20H21N5O3S. The summed E-state index contributed by atoms with van der Waals surface area (Å²) in [6.45, 7) is 8.59. The minimum atomic E-state index is -0.0675. The van der Waals surface area contributed by atoms with Crippen LogP contribution in [0.5, 0.6) is 0 Å². The van der Waals surface area contributed by atoms with E-state index in [2.05, 4.69) is 20.2 Å². The van der Waals surface area contributed by atoms with Gasteiger partial charge in [0.1, 0.15) is 10.7 Å². The Morgan fingerprint density at radius 1 is 1.21 bits per heavy atom. The SMILES string of the molecule is CCCN(Cc1nnc(-c2ccco2)o1)C(=O)c1sc2nc(C)nc(C)c2c1C. The van der Waals surface area contributed by atoms with E-state index in [-0.39, 0.29) is 12.5 Å². The number of amides is 1. The number of carbonyl (C=O) groups is 1. The second-order valence-electron chi connectivity index (χ2n) is 6.80. The van der Waals surface area contributed by atoms with Crippen LogP contribution < -0.4 is 0 Å². The summed E-state index contributed by atoms with van der Waals surface area (Å²) < 4.78 is 11.0. The first kappa shape index (κ1) is 19.3. The zero-order valence-electron chi connectivity index (χ0n) is 16.7. The lowest BCUT2D eigenvalue weighted by Gasteiger charge is -2.19. The summed E-state index contributed by atoms with van der Waals surface area (Å²) in [6, 6.07) is 3.50. The van der Waals surface area contributed by atoms with Gasteiger partial charge in [0.15, 0.2) is 5.76 Å². The van der Waals surface area contributed by atoms with E-state index < -0.39 is 0 Å². The van der Waals surface area contributed by atoms with Gasteiger partial charge in [-0.3, -0.25) is 4.79 Å². The second-order valence-corrected chi connectivity index (χ2v) is 7.80. The van der Waals surface area contributed by atoms with E-state index in [1.165, 1.54) is 11.3 Å². The van der Waals surface area contributed by atoms with E-state index in [4.69, 9.17) is 8.83 Å². The molecule has 150 valence electrons. The number of thiophene rings is 1. The predicted octanol–water partition coefficient (Wildman–Crippen LogP) is 4.31. The summed E-state index contributed by atoms with van der Waals surface area (Å²) in [4.78, 5) is 25.5. The first-order chi connectivity index (χ1) is 14.0. The van der Waals surface area contributed by atoms with Crippen LogP contribution in [0, 0.1) is 20.8 Å². The Balaban J connectivity index is 1.64. The predicted molar refractivity (Wildman–Crippen MR) is 109 cm³/mol. The minimum Gasteiger partial charge on any atom is -0.459 e. The molecule has 0 aliphatic heterocycles. The van der Waals surface area contributed by atoms with Crippen molar-refractivity contribution in [1.82, 2.24) is 25.1 Å². The number of rotatable bonds is 6. The Morgan fingerprint density at radius 3 is 2.76 bits per heavy atom. The van der Waals surface area contributed by atoms with Crippen LogP contribution in [0.15, 0.2) is 27.2 Å². The van der Waals surface area contributed by atoms with E-state index >= 15 is 0 Å². The van der Waals surface area contributed by atoms with Gasteiger partial charge in [0.2, 0.25) is 5.89 Å². The zero-order valence-corrected chi connectivity index (χ0v) is 17.5. The number of furan rings is 1. The standard InChI is InChI=1S/C20H21N5O3S/c1-5-8-25(10-15-23-24-18(28-15)14-7-6-9-27-14)20(26)17-11(2)16-12(3)21-13(4)22-19(16)29-17/h6-7,9H,5,8,10H2,1-4H3. The number of fused-ring (bicyclic) bond motifs is 1.